The molecular weight excluding hydrogens is 464 g/mol. The Balaban J connectivity index is 0.00000338. The number of aryl methyl sites for hydroxylation is 1. The smallest absolute Gasteiger partial charge is 0.191 e. The Labute approximate surface area is 176 Å². The Kier molecular flexibility index (Phi) is 11.3. The monoisotopic (exact) mass is 491 g/mol. The molecule has 1 heterocycles. The summed E-state index contributed by atoms with van der Waals surface area (Å²) in [4.78, 5) is 4.63. The van der Waals surface area contributed by atoms with Crippen molar-refractivity contribution in [3.63, 3.8) is 0 Å². The molecule has 26 heavy (non-hydrogen) atoms. The van der Waals surface area contributed by atoms with Crippen LogP contribution in [0.25, 0.3) is 0 Å². The number of aromatic nitrogens is 2. The van der Waals surface area contributed by atoms with Gasteiger partial charge < -0.3 is 10.6 Å². The van der Waals surface area contributed by atoms with Crippen molar-refractivity contribution in [2.24, 2.45) is 4.99 Å². The lowest BCUT2D eigenvalue weighted by molar-refractivity contribution is 0.570. The topological polar surface area (TPSA) is 54.2 Å². The van der Waals surface area contributed by atoms with Crippen LogP contribution >= 0.6 is 35.7 Å². The molecule has 0 atom stereocenters. The average molecular weight is 491 g/mol. The van der Waals surface area contributed by atoms with Crippen molar-refractivity contribution in [2.45, 2.75) is 32.2 Å². The molecule has 0 radical (unpaired) electrons. The second kappa shape index (κ2) is 13.0. The van der Waals surface area contributed by atoms with Gasteiger partial charge in [-0.25, -0.2) is 9.38 Å². The van der Waals surface area contributed by atoms with E-state index in [9.17, 15) is 4.39 Å². The van der Waals surface area contributed by atoms with E-state index in [1.165, 1.54) is 6.07 Å². The fraction of sp³-hybridized carbons (Fsp3) is 0.444. The largest absolute Gasteiger partial charge is 0.357 e. The van der Waals surface area contributed by atoms with Crippen LogP contribution in [-0.2, 0) is 18.8 Å². The van der Waals surface area contributed by atoms with Crippen molar-refractivity contribution in [1.29, 1.82) is 0 Å². The molecule has 0 aliphatic carbocycles. The van der Waals surface area contributed by atoms with Gasteiger partial charge in [-0.1, -0.05) is 6.07 Å². The maximum atomic E-state index is 13.4. The lowest BCUT2D eigenvalue weighted by Gasteiger charge is -2.12. The molecule has 0 aliphatic heterocycles. The van der Waals surface area contributed by atoms with Gasteiger partial charge in [0, 0.05) is 37.8 Å². The highest BCUT2D eigenvalue weighted by Gasteiger charge is 2.05. The molecule has 0 unspecified atom stereocenters. The number of aliphatic imine (C=N–C) groups is 1. The first-order valence-electron chi connectivity index (χ1n) is 8.48. The number of hydrogen-bond acceptors (Lipinski definition) is 3. The van der Waals surface area contributed by atoms with Gasteiger partial charge in [-0.05, 0) is 48.9 Å². The number of halogens is 2. The molecule has 0 saturated carbocycles. The fourth-order valence-corrected chi connectivity index (χ4v) is 3.00. The van der Waals surface area contributed by atoms with Gasteiger partial charge in [0.05, 0.1) is 6.54 Å². The molecule has 2 aromatic rings. The third-order valence-electron chi connectivity index (χ3n) is 3.64. The number of benzene rings is 1. The number of rotatable bonds is 9. The summed E-state index contributed by atoms with van der Waals surface area (Å²) in [6.07, 6.45) is 6.72. The lowest BCUT2D eigenvalue weighted by Crippen LogP contribution is -2.38. The van der Waals surface area contributed by atoms with Gasteiger partial charge in [0.1, 0.15) is 5.82 Å². The van der Waals surface area contributed by atoms with E-state index in [2.05, 4.69) is 20.7 Å². The van der Waals surface area contributed by atoms with Crippen molar-refractivity contribution >= 4 is 41.7 Å². The summed E-state index contributed by atoms with van der Waals surface area (Å²) in [5, 5.41) is 10.8. The quantitative estimate of drug-likeness (QED) is 0.244. The number of thioether (sulfide) groups is 1. The third kappa shape index (κ3) is 7.94. The summed E-state index contributed by atoms with van der Waals surface area (Å²) in [6, 6.07) is 6.85. The zero-order chi connectivity index (χ0) is 17.9. The zero-order valence-corrected chi connectivity index (χ0v) is 18.4. The molecule has 5 nitrogen and oxygen atoms in total. The highest BCUT2D eigenvalue weighted by Crippen LogP contribution is 2.17. The van der Waals surface area contributed by atoms with E-state index >= 15 is 0 Å². The number of nitrogens with one attached hydrogen (secondary N) is 2. The number of hydrogen-bond donors (Lipinski definition) is 2. The van der Waals surface area contributed by atoms with Crippen molar-refractivity contribution in [3.05, 3.63) is 53.6 Å². The minimum Gasteiger partial charge on any atom is -0.357 e. The van der Waals surface area contributed by atoms with E-state index < -0.39 is 0 Å². The summed E-state index contributed by atoms with van der Waals surface area (Å²) >= 11 is 1.68. The van der Waals surface area contributed by atoms with Crippen LogP contribution in [-0.4, -0.2) is 35.1 Å². The summed E-state index contributed by atoms with van der Waals surface area (Å²) in [7, 11) is 0. The molecule has 0 fully saturated rings. The van der Waals surface area contributed by atoms with Crippen LogP contribution in [0.3, 0.4) is 0 Å². The minimum absolute atomic E-state index is 0. The van der Waals surface area contributed by atoms with Crippen molar-refractivity contribution in [1.82, 2.24) is 20.4 Å². The summed E-state index contributed by atoms with van der Waals surface area (Å²) in [6.45, 7) is 5.05. The molecule has 0 amide bonds. The van der Waals surface area contributed by atoms with Crippen molar-refractivity contribution < 1.29 is 4.39 Å². The first-order chi connectivity index (χ1) is 12.2. The standard InChI is InChI=1S/C18H26FN5S.HI/c1-3-20-18(21-8-4-10-24-11-5-9-23-24)22-13-15-6-7-17(19)12-16(15)14-25-2;/h5-7,9,11-12H,3-4,8,10,13-14H2,1-2H3,(H2,20,21,22);1H. The first-order valence-corrected chi connectivity index (χ1v) is 9.88. The SMILES string of the molecule is CCNC(=NCc1ccc(F)cc1CSC)NCCCn1cccn1.I. The highest BCUT2D eigenvalue weighted by atomic mass is 127. The van der Waals surface area contributed by atoms with Crippen LogP contribution in [0, 0.1) is 5.82 Å². The van der Waals surface area contributed by atoms with Crippen molar-refractivity contribution in [3.8, 4) is 0 Å². The van der Waals surface area contributed by atoms with E-state index in [1.54, 1.807) is 24.0 Å². The maximum Gasteiger partial charge on any atom is 0.191 e. The predicted molar refractivity (Wildman–Crippen MR) is 119 cm³/mol. The molecule has 0 spiro atoms. The normalized spacial score (nSPS) is 11.1. The van der Waals surface area contributed by atoms with Crippen molar-refractivity contribution in [2.75, 3.05) is 19.3 Å². The van der Waals surface area contributed by atoms with Gasteiger partial charge >= 0.3 is 0 Å². The third-order valence-corrected chi connectivity index (χ3v) is 4.24. The molecule has 1 aromatic carbocycles. The van der Waals surface area contributed by atoms with Gasteiger partial charge in [-0.2, -0.15) is 16.9 Å². The van der Waals surface area contributed by atoms with E-state index in [0.717, 1.165) is 48.9 Å². The van der Waals surface area contributed by atoms with Gasteiger partial charge in [0.15, 0.2) is 5.96 Å². The molecule has 0 aliphatic rings. The molecule has 0 bridgehead atoms. The Morgan fingerprint density at radius 1 is 1.31 bits per heavy atom. The zero-order valence-electron chi connectivity index (χ0n) is 15.2. The van der Waals surface area contributed by atoms with Gasteiger partial charge in [0.2, 0.25) is 0 Å². The molecular formula is C18H27FIN5S. The Bertz CT molecular complexity index is 664. The summed E-state index contributed by atoms with van der Waals surface area (Å²) < 4.78 is 15.4. The molecule has 144 valence electrons. The molecule has 2 rings (SSSR count). The Morgan fingerprint density at radius 3 is 2.85 bits per heavy atom. The summed E-state index contributed by atoms with van der Waals surface area (Å²) in [5.74, 6) is 1.37. The van der Waals surface area contributed by atoms with Crippen LogP contribution in [0.2, 0.25) is 0 Å². The highest BCUT2D eigenvalue weighted by molar-refractivity contribution is 14.0. The minimum atomic E-state index is -0.194. The van der Waals surface area contributed by atoms with E-state index in [1.807, 2.05) is 36.2 Å². The second-order valence-corrected chi connectivity index (χ2v) is 6.46. The second-order valence-electron chi connectivity index (χ2n) is 5.59. The maximum absolute atomic E-state index is 13.4. The van der Waals surface area contributed by atoms with Gasteiger partial charge in [-0.15, -0.1) is 24.0 Å². The molecule has 2 N–H and O–H groups in total. The van der Waals surface area contributed by atoms with Crippen LogP contribution in [0.5, 0.6) is 0 Å². The lowest BCUT2D eigenvalue weighted by atomic mass is 10.1. The van der Waals surface area contributed by atoms with Crippen LogP contribution in [0.4, 0.5) is 4.39 Å². The van der Waals surface area contributed by atoms with Crippen LogP contribution in [0.15, 0.2) is 41.7 Å². The molecule has 0 saturated heterocycles. The summed E-state index contributed by atoms with van der Waals surface area (Å²) in [5.41, 5.74) is 2.07. The first kappa shape index (κ1) is 22.8. The molecule has 8 heteroatoms. The van der Waals surface area contributed by atoms with E-state index in [4.69, 9.17) is 0 Å². The number of guanidine groups is 1. The van der Waals surface area contributed by atoms with E-state index in [-0.39, 0.29) is 29.8 Å². The fourth-order valence-electron chi connectivity index (χ4n) is 2.43. The van der Waals surface area contributed by atoms with Crippen LogP contribution < -0.4 is 10.6 Å². The average Bonchev–Trinajstić information content (AvgIpc) is 3.11. The Morgan fingerprint density at radius 2 is 2.15 bits per heavy atom. The predicted octanol–water partition coefficient (Wildman–Crippen LogP) is 3.65. The van der Waals surface area contributed by atoms with Crippen LogP contribution in [0.1, 0.15) is 24.5 Å². The van der Waals surface area contributed by atoms with Gasteiger partial charge in [0.25, 0.3) is 0 Å². The number of nitrogens with zero attached hydrogens (tertiary/aromatic N) is 3. The molecule has 1 aromatic heterocycles. The Hall–Kier alpha value is -1.29. The van der Waals surface area contributed by atoms with Gasteiger partial charge in [-0.3, -0.25) is 4.68 Å². The van der Waals surface area contributed by atoms with E-state index in [0.29, 0.717) is 6.54 Å².